The summed E-state index contributed by atoms with van der Waals surface area (Å²) in [5, 5.41) is 0.927. The lowest BCUT2D eigenvalue weighted by Gasteiger charge is -2.26. The van der Waals surface area contributed by atoms with Crippen LogP contribution in [-0.4, -0.2) is 19.0 Å². The van der Waals surface area contributed by atoms with E-state index in [1.807, 2.05) is 38.1 Å². The van der Waals surface area contributed by atoms with Gasteiger partial charge >= 0.3 is 7.60 Å². The van der Waals surface area contributed by atoms with Crippen molar-refractivity contribution in [1.29, 1.82) is 0 Å². The fraction of sp³-hybridized carbons (Fsp3) is 0.412. The molecule has 1 aliphatic rings. The highest BCUT2D eigenvalue weighted by atomic mass is 32.2. The smallest absolute Gasteiger partial charge is 0.305 e. The Hall–Kier alpha value is -0.450. The van der Waals surface area contributed by atoms with E-state index in [4.69, 9.17) is 9.05 Å². The van der Waals surface area contributed by atoms with Gasteiger partial charge in [-0.3, -0.25) is 4.57 Å². The van der Waals surface area contributed by atoms with Crippen LogP contribution in [0.25, 0.3) is 0 Å². The van der Waals surface area contributed by atoms with E-state index in [0.29, 0.717) is 18.5 Å². The van der Waals surface area contributed by atoms with Gasteiger partial charge in [0.15, 0.2) is 0 Å². The maximum atomic E-state index is 13.1. The molecule has 0 N–H and O–H groups in total. The van der Waals surface area contributed by atoms with E-state index < -0.39 is 7.60 Å². The maximum absolute atomic E-state index is 13.1. The third-order valence-electron chi connectivity index (χ3n) is 3.17. The van der Waals surface area contributed by atoms with Crippen molar-refractivity contribution in [3.63, 3.8) is 0 Å². The van der Waals surface area contributed by atoms with Crippen LogP contribution < -0.4 is 0 Å². The number of benzene rings is 1. The van der Waals surface area contributed by atoms with Crippen LogP contribution in [0.1, 0.15) is 31.6 Å². The number of allylic oxidation sites excluding steroid dienone is 2. The van der Waals surface area contributed by atoms with Gasteiger partial charge in [0, 0.05) is 0 Å². The summed E-state index contributed by atoms with van der Waals surface area (Å²) in [6.45, 7) is 6.51. The van der Waals surface area contributed by atoms with Crippen molar-refractivity contribution in [3.05, 3.63) is 57.6 Å². The molecule has 1 aliphatic heterocycles. The van der Waals surface area contributed by atoms with E-state index in [2.05, 4.69) is 25.1 Å². The van der Waals surface area contributed by atoms with Crippen molar-refractivity contribution in [2.24, 2.45) is 0 Å². The molecule has 1 aromatic rings. The van der Waals surface area contributed by atoms with Crippen LogP contribution in [0.2, 0.25) is 0 Å². The molecule has 0 aliphatic carbocycles. The fourth-order valence-corrected chi connectivity index (χ4v) is 7.07. The highest BCUT2D eigenvalue weighted by Gasteiger charge is 2.34. The predicted octanol–water partition coefficient (Wildman–Crippen LogP) is 6.22. The molecule has 0 radical (unpaired) electrons. The lowest BCUT2D eigenvalue weighted by Crippen LogP contribution is -2.03. The second kappa shape index (κ2) is 9.14. The number of rotatable bonds is 8. The molecule has 3 nitrogen and oxygen atoms in total. The average Bonchev–Trinajstić information content (AvgIpc) is 2.56. The zero-order valence-electron chi connectivity index (χ0n) is 13.7. The summed E-state index contributed by atoms with van der Waals surface area (Å²) in [7, 11) is -3.25. The Balaban J connectivity index is 2.33. The lowest BCUT2D eigenvalue weighted by atomic mass is 10.1. The van der Waals surface area contributed by atoms with Crippen molar-refractivity contribution in [1.82, 2.24) is 0 Å². The summed E-state index contributed by atoms with van der Waals surface area (Å²) < 4.78 is 25.2. The van der Waals surface area contributed by atoms with Crippen molar-refractivity contribution >= 4 is 31.1 Å². The first-order valence-electron chi connectivity index (χ1n) is 7.81. The fourth-order valence-electron chi connectivity index (χ4n) is 2.24. The molecule has 126 valence electrons. The van der Waals surface area contributed by atoms with Crippen LogP contribution in [0.4, 0.5) is 0 Å². The quantitative estimate of drug-likeness (QED) is 0.508. The van der Waals surface area contributed by atoms with E-state index in [1.165, 1.54) is 5.56 Å². The monoisotopic (exact) mass is 370 g/mol. The highest BCUT2D eigenvalue weighted by Crippen LogP contribution is 2.63. The summed E-state index contributed by atoms with van der Waals surface area (Å²) in [5.74, 6) is 0.916. The number of hydrogen-bond acceptors (Lipinski definition) is 5. The molecule has 23 heavy (non-hydrogen) atoms. The molecule has 0 fully saturated rings. The minimum atomic E-state index is -3.25. The standard InChI is InChI=1S/C17H23O3PS2/c1-4-19-21(18,20-5-2)15-12-13-16(23-17(15)22-6-3)14-10-8-7-9-11-14/h7-13,16H,4-6H2,1-3H3. The Bertz CT molecular complexity index is 604. The van der Waals surface area contributed by atoms with Gasteiger partial charge in [0.2, 0.25) is 0 Å². The van der Waals surface area contributed by atoms with Gasteiger partial charge in [-0.2, -0.15) is 0 Å². The summed E-state index contributed by atoms with van der Waals surface area (Å²) in [6.07, 6.45) is 4.01. The summed E-state index contributed by atoms with van der Waals surface area (Å²) in [4.78, 5) is 0. The third-order valence-corrected chi connectivity index (χ3v) is 8.16. The molecule has 0 spiro atoms. The zero-order valence-corrected chi connectivity index (χ0v) is 16.3. The molecule has 0 saturated heterocycles. The number of hydrogen-bond donors (Lipinski definition) is 0. The molecular formula is C17H23O3PS2. The second-order valence-corrected chi connectivity index (χ2v) is 9.42. The van der Waals surface area contributed by atoms with Gasteiger partial charge in [0.1, 0.15) is 0 Å². The van der Waals surface area contributed by atoms with Crippen LogP contribution in [0.15, 0.2) is 52.0 Å². The van der Waals surface area contributed by atoms with E-state index in [0.717, 1.165) is 9.99 Å². The minimum absolute atomic E-state index is 0.228. The Morgan fingerprint density at radius 3 is 2.35 bits per heavy atom. The predicted molar refractivity (Wildman–Crippen MR) is 102 cm³/mol. The molecule has 0 aromatic heterocycles. The molecule has 1 heterocycles. The minimum Gasteiger partial charge on any atom is -0.305 e. The van der Waals surface area contributed by atoms with Crippen molar-refractivity contribution < 1.29 is 13.6 Å². The SMILES string of the molecule is CCOP(=O)(OCC)C1=C(SCC)SC(c2ccccc2)C=C1. The first-order chi connectivity index (χ1) is 11.1. The van der Waals surface area contributed by atoms with Crippen molar-refractivity contribution in [3.8, 4) is 0 Å². The maximum Gasteiger partial charge on any atom is 0.362 e. The normalized spacial score (nSPS) is 18.5. The molecule has 6 heteroatoms. The summed E-state index contributed by atoms with van der Waals surface area (Å²) >= 11 is 3.42. The molecule has 2 rings (SSSR count). The molecule has 1 aromatic carbocycles. The van der Waals surface area contributed by atoms with Crippen molar-refractivity contribution in [2.75, 3.05) is 19.0 Å². The third kappa shape index (κ3) is 4.77. The van der Waals surface area contributed by atoms with Gasteiger partial charge in [-0.05, 0) is 31.2 Å². The highest BCUT2D eigenvalue weighted by molar-refractivity contribution is 8.22. The van der Waals surface area contributed by atoms with Gasteiger partial charge in [-0.1, -0.05) is 43.3 Å². The molecule has 1 atom stereocenters. The van der Waals surface area contributed by atoms with Crippen LogP contribution in [0.3, 0.4) is 0 Å². The largest absolute Gasteiger partial charge is 0.362 e. The zero-order chi connectivity index (χ0) is 16.7. The van der Waals surface area contributed by atoms with Gasteiger partial charge in [-0.15, -0.1) is 23.5 Å². The molecule has 0 saturated carbocycles. The second-order valence-electron chi connectivity index (χ2n) is 4.75. The number of thioether (sulfide) groups is 2. The Morgan fingerprint density at radius 1 is 1.13 bits per heavy atom. The Kier molecular flexibility index (Phi) is 7.51. The van der Waals surface area contributed by atoms with Crippen LogP contribution in [0.5, 0.6) is 0 Å². The summed E-state index contributed by atoms with van der Waals surface area (Å²) in [6, 6.07) is 10.3. The van der Waals surface area contributed by atoms with Gasteiger partial charge < -0.3 is 9.05 Å². The van der Waals surface area contributed by atoms with E-state index in [1.54, 1.807) is 23.5 Å². The Morgan fingerprint density at radius 2 is 1.78 bits per heavy atom. The van der Waals surface area contributed by atoms with E-state index >= 15 is 0 Å². The molecular weight excluding hydrogens is 347 g/mol. The first kappa shape index (κ1) is 18.9. The summed E-state index contributed by atoms with van der Waals surface area (Å²) in [5.41, 5.74) is 1.24. The molecule has 0 bridgehead atoms. The van der Waals surface area contributed by atoms with Gasteiger partial charge in [-0.25, -0.2) is 0 Å². The van der Waals surface area contributed by atoms with Crippen LogP contribution in [-0.2, 0) is 13.6 Å². The molecule has 1 unspecified atom stereocenters. The molecule has 0 amide bonds. The average molecular weight is 370 g/mol. The van der Waals surface area contributed by atoms with Gasteiger partial charge in [0.25, 0.3) is 0 Å². The first-order valence-corrected chi connectivity index (χ1v) is 11.2. The topological polar surface area (TPSA) is 35.5 Å². The van der Waals surface area contributed by atoms with Crippen LogP contribution >= 0.6 is 31.1 Å². The van der Waals surface area contributed by atoms with Gasteiger partial charge in [0.05, 0.1) is 28.0 Å². The van der Waals surface area contributed by atoms with Crippen molar-refractivity contribution in [2.45, 2.75) is 26.0 Å². The lowest BCUT2D eigenvalue weighted by molar-refractivity contribution is 0.227. The van der Waals surface area contributed by atoms with Crippen LogP contribution in [0, 0.1) is 0 Å². The van der Waals surface area contributed by atoms with E-state index in [9.17, 15) is 4.57 Å². The van der Waals surface area contributed by atoms with E-state index in [-0.39, 0.29) is 5.25 Å². The Labute approximate surface area is 147 Å².